The fourth-order valence-electron chi connectivity index (χ4n) is 4.00. The molecule has 5 heteroatoms. The second-order valence-electron chi connectivity index (χ2n) is 7.73. The summed E-state index contributed by atoms with van der Waals surface area (Å²) >= 11 is 0. The van der Waals surface area contributed by atoms with E-state index in [1.807, 2.05) is 18.2 Å². The van der Waals surface area contributed by atoms with Crippen LogP contribution < -0.4 is 14.2 Å². The first-order valence-corrected chi connectivity index (χ1v) is 10.0. The fourth-order valence-corrected chi connectivity index (χ4v) is 4.00. The smallest absolute Gasteiger partial charge is 0.203 e. The number of carbonyl (C=O) groups is 2. The lowest BCUT2D eigenvalue weighted by atomic mass is 9.88. The Kier molecular flexibility index (Phi) is 6.60. The van der Waals surface area contributed by atoms with E-state index < -0.39 is 0 Å². The maximum atomic E-state index is 13.5. The monoisotopic (exact) mass is 408 g/mol. The van der Waals surface area contributed by atoms with E-state index in [1.165, 1.54) is 33.8 Å². The van der Waals surface area contributed by atoms with Crippen LogP contribution in [-0.2, 0) is 11.2 Å². The molecule has 0 bridgehead atoms. The van der Waals surface area contributed by atoms with Gasteiger partial charge >= 0.3 is 0 Å². The summed E-state index contributed by atoms with van der Waals surface area (Å²) in [6.45, 7) is 3.66. The second-order valence-corrected chi connectivity index (χ2v) is 7.73. The highest BCUT2D eigenvalue weighted by Crippen LogP contribution is 2.39. The minimum Gasteiger partial charge on any atom is -0.493 e. The lowest BCUT2D eigenvalue weighted by molar-refractivity contribution is -0.116. The lowest BCUT2D eigenvalue weighted by Gasteiger charge is -2.17. The van der Waals surface area contributed by atoms with Crippen molar-refractivity contribution in [1.82, 2.24) is 0 Å². The van der Waals surface area contributed by atoms with Gasteiger partial charge in [-0.1, -0.05) is 23.8 Å². The van der Waals surface area contributed by atoms with Crippen LogP contribution >= 0.6 is 0 Å². The zero-order valence-electron chi connectivity index (χ0n) is 18.2. The zero-order chi connectivity index (χ0) is 21.8. The number of methoxy groups -OCH3 is 3. The molecule has 1 aliphatic rings. The van der Waals surface area contributed by atoms with Crippen molar-refractivity contribution >= 4 is 11.6 Å². The van der Waals surface area contributed by atoms with E-state index in [0.29, 0.717) is 34.3 Å². The van der Waals surface area contributed by atoms with E-state index >= 15 is 0 Å². The van der Waals surface area contributed by atoms with Crippen molar-refractivity contribution in [3.8, 4) is 17.2 Å². The topological polar surface area (TPSA) is 61.8 Å². The molecule has 30 heavy (non-hydrogen) atoms. The van der Waals surface area contributed by atoms with Crippen LogP contribution in [-0.4, -0.2) is 32.9 Å². The molecule has 0 saturated heterocycles. The minimum absolute atomic E-state index is 0.0140. The number of ketones is 2. The Morgan fingerprint density at radius 1 is 1.00 bits per heavy atom. The molecule has 0 saturated carbocycles. The number of allylic oxidation sites excluding steroid dienone is 2. The van der Waals surface area contributed by atoms with Crippen LogP contribution in [0.5, 0.6) is 17.2 Å². The molecule has 0 aliphatic heterocycles. The van der Waals surface area contributed by atoms with Gasteiger partial charge in [0, 0.05) is 17.5 Å². The van der Waals surface area contributed by atoms with Crippen molar-refractivity contribution in [1.29, 1.82) is 0 Å². The normalized spacial score (nSPS) is 15.5. The summed E-state index contributed by atoms with van der Waals surface area (Å²) in [5.41, 5.74) is 4.18. The Bertz CT molecular complexity index is 978. The Morgan fingerprint density at radius 3 is 2.17 bits per heavy atom. The molecule has 3 rings (SSSR count). The highest BCUT2D eigenvalue weighted by Gasteiger charge is 2.23. The fraction of sp³-hybridized carbons (Fsp3) is 0.360. The highest BCUT2D eigenvalue weighted by molar-refractivity contribution is 6.11. The van der Waals surface area contributed by atoms with Crippen molar-refractivity contribution in [2.45, 2.75) is 39.0 Å². The molecule has 0 fully saturated rings. The number of Topliss-reactive ketones (excluding diaryl/α,β-unsaturated/α-hetero) is 1. The number of hydrogen-bond donors (Lipinski definition) is 0. The second kappa shape index (κ2) is 9.16. The van der Waals surface area contributed by atoms with Gasteiger partial charge in [0.25, 0.3) is 0 Å². The standard InChI is InChI=1S/C25H28O5/c1-15-6-7-17(10-15)18-8-9-19(11-16(2)26)21(12-18)24(27)20-13-22(28-3)25(30-5)23(14-20)29-4/h6,8-9,12-14,17H,7,10-11H2,1-5H3. The van der Waals surface area contributed by atoms with Crippen molar-refractivity contribution in [3.05, 3.63) is 64.2 Å². The predicted molar refractivity (Wildman–Crippen MR) is 116 cm³/mol. The first kappa shape index (κ1) is 21.6. The highest BCUT2D eigenvalue weighted by atomic mass is 16.5. The Hall–Kier alpha value is -3.08. The molecule has 0 N–H and O–H groups in total. The quantitative estimate of drug-likeness (QED) is 0.459. The van der Waals surface area contributed by atoms with E-state index in [4.69, 9.17) is 14.2 Å². The van der Waals surface area contributed by atoms with Crippen LogP contribution in [0.1, 0.15) is 59.7 Å². The molecule has 158 valence electrons. The molecule has 2 aromatic rings. The molecule has 0 amide bonds. The molecule has 5 nitrogen and oxygen atoms in total. The Labute approximate surface area is 177 Å². The number of benzene rings is 2. The van der Waals surface area contributed by atoms with Crippen LogP contribution in [0.4, 0.5) is 0 Å². The first-order chi connectivity index (χ1) is 14.4. The van der Waals surface area contributed by atoms with Crippen molar-refractivity contribution in [2.75, 3.05) is 21.3 Å². The molecule has 2 aromatic carbocycles. The molecule has 0 spiro atoms. The van der Waals surface area contributed by atoms with E-state index in [1.54, 1.807) is 12.1 Å². The molecule has 1 atom stereocenters. The van der Waals surface area contributed by atoms with Gasteiger partial charge in [-0.2, -0.15) is 0 Å². The SMILES string of the molecule is COc1cc(C(=O)c2cc(C3CC=C(C)C3)ccc2CC(C)=O)cc(OC)c1OC. The zero-order valence-corrected chi connectivity index (χ0v) is 18.2. The van der Waals surface area contributed by atoms with Gasteiger partial charge in [0.2, 0.25) is 5.75 Å². The predicted octanol–water partition coefficient (Wildman–Crippen LogP) is 4.90. The van der Waals surface area contributed by atoms with E-state index in [2.05, 4.69) is 13.0 Å². The van der Waals surface area contributed by atoms with Crippen LogP contribution in [0.3, 0.4) is 0 Å². The third-order valence-electron chi connectivity index (χ3n) is 5.54. The van der Waals surface area contributed by atoms with Gasteiger partial charge in [-0.25, -0.2) is 0 Å². The molecule has 0 aromatic heterocycles. The number of rotatable bonds is 8. The summed E-state index contributed by atoms with van der Waals surface area (Å²) < 4.78 is 16.2. The van der Waals surface area contributed by atoms with Gasteiger partial charge in [0.15, 0.2) is 17.3 Å². The summed E-state index contributed by atoms with van der Waals surface area (Å²) in [5.74, 6) is 1.47. The molecule has 1 unspecified atom stereocenters. The number of ether oxygens (including phenoxy) is 3. The minimum atomic E-state index is -0.171. The third kappa shape index (κ3) is 4.40. The van der Waals surface area contributed by atoms with Crippen LogP contribution in [0.15, 0.2) is 42.0 Å². The molecule has 1 aliphatic carbocycles. The summed E-state index contributed by atoms with van der Waals surface area (Å²) in [6, 6.07) is 9.20. The number of hydrogen-bond acceptors (Lipinski definition) is 5. The van der Waals surface area contributed by atoms with Gasteiger partial charge in [-0.15, -0.1) is 0 Å². The van der Waals surface area contributed by atoms with Gasteiger partial charge in [-0.05, 0) is 61.9 Å². The summed E-state index contributed by atoms with van der Waals surface area (Å²) in [6.07, 6.45) is 4.42. The molecule has 0 radical (unpaired) electrons. The number of carbonyl (C=O) groups excluding carboxylic acids is 2. The third-order valence-corrected chi connectivity index (χ3v) is 5.54. The average molecular weight is 408 g/mol. The van der Waals surface area contributed by atoms with E-state index in [-0.39, 0.29) is 18.0 Å². The van der Waals surface area contributed by atoms with Gasteiger partial charge in [0.1, 0.15) is 5.78 Å². The van der Waals surface area contributed by atoms with E-state index in [0.717, 1.165) is 24.0 Å². The van der Waals surface area contributed by atoms with E-state index in [9.17, 15) is 9.59 Å². The van der Waals surface area contributed by atoms with Crippen molar-refractivity contribution < 1.29 is 23.8 Å². The van der Waals surface area contributed by atoms with Gasteiger partial charge in [0.05, 0.1) is 21.3 Å². The molecular weight excluding hydrogens is 380 g/mol. The van der Waals surface area contributed by atoms with Gasteiger partial charge in [-0.3, -0.25) is 9.59 Å². The van der Waals surface area contributed by atoms with Crippen molar-refractivity contribution in [2.24, 2.45) is 0 Å². The summed E-state index contributed by atoms with van der Waals surface area (Å²) in [5, 5.41) is 0. The largest absolute Gasteiger partial charge is 0.493 e. The molecular formula is C25H28O5. The molecule has 0 heterocycles. The average Bonchev–Trinajstić information content (AvgIpc) is 3.18. The Balaban J connectivity index is 2.08. The first-order valence-electron chi connectivity index (χ1n) is 10.0. The van der Waals surface area contributed by atoms with Crippen molar-refractivity contribution in [3.63, 3.8) is 0 Å². The maximum Gasteiger partial charge on any atom is 0.203 e. The Morgan fingerprint density at radius 2 is 1.67 bits per heavy atom. The van der Waals surface area contributed by atoms with Gasteiger partial charge < -0.3 is 14.2 Å². The van der Waals surface area contributed by atoms with Crippen LogP contribution in [0.25, 0.3) is 0 Å². The summed E-state index contributed by atoms with van der Waals surface area (Å²) in [4.78, 5) is 25.4. The van der Waals surface area contributed by atoms with Crippen LogP contribution in [0, 0.1) is 0 Å². The maximum absolute atomic E-state index is 13.5. The lowest BCUT2D eigenvalue weighted by Crippen LogP contribution is -2.11. The van der Waals surface area contributed by atoms with Crippen LogP contribution in [0.2, 0.25) is 0 Å². The summed E-state index contributed by atoms with van der Waals surface area (Å²) in [7, 11) is 4.56.